The summed E-state index contributed by atoms with van der Waals surface area (Å²) in [4.78, 5) is 25.2. The van der Waals surface area contributed by atoms with Crippen LogP contribution in [0.2, 0.25) is 0 Å². The number of hydrogen-bond acceptors (Lipinski definition) is 4. The van der Waals surface area contributed by atoms with E-state index in [2.05, 4.69) is 0 Å². The Labute approximate surface area is 137 Å². The molecule has 1 atom stereocenters. The van der Waals surface area contributed by atoms with Crippen LogP contribution in [0.4, 0.5) is 0 Å². The van der Waals surface area contributed by atoms with Crippen molar-refractivity contribution in [3.63, 3.8) is 0 Å². The standard InChI is InChI=1S/C15H26N2O5S/c1-11(2)13(15(19)20)14(18)16-9-5-12(6-10-16)23(21,22)17-7-3-4-8-17/h11-13H,3-10H2,1-2H3,(H,19,20). The predicted molar refractivity (Wildman–Crippen MR) is 85.3 cm³/mol. The van der Waals surface area contributed by atoms with Gasteiger partial charge in [-0.15, -0.1) is 0 Å². The van der Waals surface area contributed by atoms with Gasteiger partial charge in [-0.3, -0.25) is 9.59 Å². The molecule has 2 rings (SSSR count). The summed E-state index contributed by atoms with van der Waals surface area (Å²) >= 11 is 0. The lowest BCUT2D eigenvalue weighted by Crippen LogP contribution is -2.49. The Balaban J connectivity index is 1.98. The van der Waals surface area contributed by atoms with Crippen molar-refractivity contribution in [1.82, 2.24) is 9.21 Å². The third-order valence-electron chi connectivity index (χ3n) is 4.80. The van der Waals surface area contributed by atoms with Gasteiger partial charge in [-0.1, -0.05) is 13.8 Å². The second-order valence-electron chi connectivity index (χ2n) is 6.74. The van der Waals surface area contributed by atoms with Crippen molar-refractivity contribution in [3.05, 3.63) is 0 Å². The molecule has 2 fully saturated rings. The van der Waals surface area contributed by atoms with Gasteiger partial charge >= 0.3 is 5.97 Å². The number of carboxylic acid groups (broad SMARTS) is 1. The zero-order valence-electron chi connectivity index (χ0n) is 13.8. The number of nitrogens with zero attached hydrogens (tertiary/aromatic N) is 2. The highest BCUT2D eigenvalue weighted by atomic mass is 32.2. The molecule has 1 amide bonds. The molecule has 1 unspecified atom stereocenters. The number of carboxylic acids is 1. The van der Waals surface area contributed by atoms with Crippen LogP contribution in [0, 0.1) is 11.8 Å². The minimum atomic E-state index is -3.28. The molecule has 8 heteroatoms. The molecule has 132 valence electrons. The number of carbonyl (C=O) groups excluding carboxylic acids is 1. The van der Waals surface area contributed by atoms with Crippen molar-refractivity contribution in [2.24, 2.45) is 11.8 Å². The molecule has 0 bridgehead atoms. The first kappa shape index (κ1) is 18.2. The van der Waals surface area contributed by atoms with E-state index in [-0.39, 0.29) is 5.92 Å². The maximum atomic E-state index is 12.5. The van der Waals surface area contributed by atoms with E-state index in [0.29, 0.717) is 39.0 Å². The van der Waals surface area contributed by atoms with Gasteiger partial charge in [-0.2, -0.15) is 0 Å². The molecule has 0 aliphatic carbocycles. The number of rotatable bonds is 5. The van der Waals surface area contributed by atoms with Crippen molar-refractivity contribution < 1.29 is 23.1 Å². The lowest BCUT2D eigenvalue weighted by molar-refractivity contribution is -0.153. The van der Waals surface area contributed by atoms with Gasteiger partial charge in [-0.25, -0.2) is 12.7 Å². The Bertz CT molecular complexity index is 546. The van der Waals surface area contributed by atoms with Crippen molar-refractivity contribution in [2.75, 3.05) is 26.2 Å². The minimum Gasteiger partial charge on any atom is -0.481 e. The molecule has 2 aliphatic rings. The highest BCUT2D eigenvalue weighted by Gasteiger charge is 2.39. The van der Waals surface area contributed by atoms with Crippen LogP contribution < -0.4 is 0 Å². The molecule has 7 nitrogen and oxygen atoms in total. The quantitative estimate of drug-likeness (QED) is 0.742. The first-order valence-corrected chi connectivity index (χ1v) is 9.76. The summed E-state index contributed by atoms with van der Waals surface area (Å²) < 4.78 is 26.6. The third-order valence-corrected chi connectivity index (χ3v) is 7.20. The Morgan fingerprint density at radius 1 is 1.04 bits per heavy atom. The van der Waals surface area contributed by atoms with Crippen molar-refractivity contribution in [1.29, 1.82) is 0 Å². The second kappa shape index (κ2) is 7.17. The highest BCUT2D eigenvalue weighted by Crippen LogP contribution is 2.26. The summed E-state index contributed by atoms with van der Waals surface area (Å²) in [5.74, 6) is -2.85. The Kier molecular flexibility index (Phi) is 5.67. The van der Waals surface area contributed by atoms with Crippen molar-refractivity contribution >= 4 is 21.9 Å². The first-order valence-electron chi connectivity index (χ1n) is 8.25. The monoisotopic (exact) mass is 346 g/mol. The molecule has 1 N–H and O–H groups in total. The van der Waals surface area contributed by atoms with E-state index >= 15 is 0 Å². The van der Waals surface area contributed by atoms with Gasteiger partial charge in [0.1, 0.15) is 5.92 Å². The van der Waals surface area contributed by atoms with E-state index in [9.17, 15) is 23.1 Å². The molecule has 0 aromatic rings. The fraction of sp³-hybridized carbons (Fsp3) is 0.867. The number of piperidine rings is 1. The van der Waals surface area contributed by atoms with Crippen molar-refractivity contribution in [2.45, 2.75) is 44.8 Å². The molecule has 2 aliphatic heterocycles. The summed E-state index contributed by atoms with van der Waals surface area (Å²) in [5.41, 5.74) is 0. The number of sulfonamides is 1. The number of hydrogen-bond donors (Lipinski definition) is 1. The molecule has 0 aromatic heterocycles. The minimum absolute atomic E-state index is 0.286. The zero-order valence-corrected chi connectivity index (χ0v) is 14.6. The van der Waals surface area contributed by atoms with Crippen LogP contribution in [0.25, 0.3) is 0 Å². The summed E-state index contributed by atoms with van der Waals surface area (Å²) in [6, 6.07) is 0. The van der Waals surface area contributed by atoms with E-state index in [4.69, 9.17) is 0 Å². The van der Waals surface area contributed by atoms with E-state index in [1.54, 1.807) is 18.2 Å². The molecule has 0 spiro atoms. The summed E-state index contributed by atoms with van der Waals surface area (Å²) in [6.45, 7) is 5.23. The lowest BCUT2D eigenvalue weighted by atomic mass is 9.93. The van der Waals surface area contributed by atoms with Crippen LogP contribution in [0.15, 0.2) is 0 Å². The average molecular weight is 346 g/mol. The molecule has 0 saturated carbocycles. The molecule has 2 saturated heterocycles. The molecular weight excluding hydrogens is 320 g/mol. The fourth-order valence-corrected chi connectivity index (χ4v) is 5.40. The van der Waals surface area contributed by atoms with Crippen LogP contribution in [0.1, 0.15) is 39.5 Å². The fourth-order valence-electron chi connectivity index (χ4n) is 3.40. The second-order valence-corrected chi connectivity index (χ2v) is 8.95. The normalized spacial score (nSPS) is 22.5. The molecule has 2 heterocycles. The summed E-state index contributed by atoms with van der Waals surface area (Å²) in [6.07, 6.45) is 2.58. The van der Waals surface area contributed by atoms with Gasteiger partial charge in [-0.05, 0) is 31.6 Å². The molecule has 0 radical (unpaired) electrons. The van der Waals surface area contributed by atoms with Gasteiger partial charge in [0.2, 0.25) is 15.9 Å². The molecular formula is C15H26N2O5S. The number of carbonyl (C=O) groups is 2. The van der Waals surface area contributed by atoms with E-state index < -0.39 is 33.1 Å². The Morgan fingerprint density at radius 2 is 1.57 bits per heavy atom. The smallest absolute Gasteiger partial charge is 0.316 e. The van der Waals surface area contributed by atoms with Crippen molar-refractivity contribution in [3.8, 4) is 0 Å². The van der Waals surface area contributed by atoms with Gasteiger partial charge in [0, 0.05) is 26.2 Å². The first-order chi connectivity index (χ1) is 10.7. The third kappa shape index (κ3) is 3.85. The van der Waals surface area contributed by atoms with Gasteiger partial charge < -0.3 is 10.0 Å². The van der Waals surface area contributed by atoms with Crippen LogP contribution in [0.5, 0.6) is 0 Å². The topological polar surface area (TPSA) is 95.0 Å². The van der Waals surface area contributed by atoms with E-state index in [1.165, 1.54) is 4.90 Å². The molecule has 23 heavy (non-hydrogen) atoms. The number of amides is 1. The Morgan fingerprint density at radius 3 is 2.00 bits per heavy atom. The van der Waals surface area contributed by atoms with Gasteiger partial charge in [0.15, 0.2) is 0 Å². The zero-order chi connectivity index (χ0) is 17.2. The summed E-state index contributed by atoms with van der Waals surface area (Å²) in [5, 5.41) is 8.77. The van der Waals surface area contributed by atoms with Crippen LogP contribution in [0.3, 0.4) is 0 Å². The van der Waals surface area contributed by atoms with E-state index in [0.717, 1.165) is 12.8 Å². The number of likely N-dealkylation sites (tertiary alicyclic amines) is 1. The lowest BCUT2D eigenvalue weighted by Gasteiger charge is -2.35. The van der Waals surface area contributed by atoms with Crippen LogP contribution >= 0.6 is 0 Å². The maximum absolute atomic E-state index is 12.5. The highest BCUT2D eigenvalue weighted by molar-refractivity contribution is 7.89. The predicted octanol–water partition coefficient (Wildman–Crippen LogP) is 0.760. The SMILES string of the molecule is CC(C)C(C(=O)O)C(=O)N1CCC(S(=O)(=O)N2CCCC2)CC1. The number of aliphatic carboxylic acids is 1. The maximum Gasteiger partial charge on any atom is 0.316 e. The van der Waals surface area contributed by atoms with Gasteiger partial charge in [0.05, 0.1) is 5.25 Å². The molecule has 0 aromatic carbocycles. The largest absolute Gasteiger partial charge is 0.481 e. The van der Waals surface area contributed by atoms with E-state index in [1.807, 2.05) is 0 Å². The average Bonchev–Trinajstić information content (AvgIpc) is 3.01. The van der Waals surface area contributed by atoms with Crippen LogP contribution in [-0.4, -0.2) is 66.0 Å². The summed E-state index contributed by atoms with van der Waals surface area (Å²) in [7, 11) is -3.28. The van der Waals surface area contributed by atoms with Crippen LogP contribution in [-0.2, 0) is 19.6 Å². The Hall–Kier alpha value is -1.15. The van der Waals surface area contributed by atoms with Gasteiger partial charge in [0.25, 0.3) is 0 Å².